The third kappa shape index (κ3) is 5.19. The van der Waals surface area contributed by atoms with Gasteiger partial charge in [-0.25, -0.2) is 0 Å². The maximum atomic E-state index is 12.0. The molecule has 0 aromatic heterocycles. The van der Waals surface area contributed by atoms with Gasteiger partial charge in [0.15, 0.2) is 0 Å². The normalized spacial score (nSPS) is 19.6. The molecule has 1 aliphatic heterocycles. The molecule has 1 saturated heterocycles. The van der Waals surface area contributed by atoms with E-state index in [9.17, 15) is 9.90 Å². The minimum absolute atomic E-state index is 0.0853. The van der Waals surface area contributed by atoms with Gasteiger partial charge in [-0.3, -0.25) is 4.79 Å². The Bertz CT molecular complexity index is 721. The summed E-state index contributed by atoms with van der Waals surface area (Å²) in [7, 11) is 0. The first-order chi connectivity index (χ1) is 12.1. The lowest BCUT2D eigenvalue weighted by molar-refractivity contribution is -0.123. The number of halogens is 1. The zero-order chi connectivity index (χ0) is 17.6. The molecule has 1 amide bonds. The highest BCUT2D eigenvalue weighted by Crippen LogP contribution is 2.16. The summed E-state index contributed by atoms with van der Waals surface area (Å²) in [6.45, 7) is 1.37. The third-order valence-electron chi connectivity index (χ3n) is 4.11. The monoisotopic (exact) mass is 360 g/mol. The standard InChI is InChI=1S/C19H21ClN2O3/c20-15-3-1-2-14(8-15)12-25-17-6-4-13(5-7-17)10-22-19(24)18-9-16(23)11-21-18/h1-8,16,18,21,23H,9-12H2,(H,22,24). The first-order valence-electron chi connectivity index (χ1n) is 8.25. The van der Waals surface area contributed by atoms with E-state index >= 15 is 0 Å². The van der Waals surface area contributed by atoms with Gasteiger partial charge in [-0.2, -0.15) is 0 Å². The first kappa shape index (κ1) is 17.7. The van der Waals surface area contributed by atoms with Crippen LogP contribution in [0.2, 0.25) is 5.02 Å². The maximum Gasteiger partial charge on any atom is 0.237 e. The molecule has 1 fully saturated rings. The maximum absolute atomic E-state index is 12.0. The lowest BCUT2D eigenvalue weighted by Gasteiger charge is -2.11. The lowest BCUT2D eigenvalue weighted by Crippen LogP contribution is -2.39. The van der Waals surface area contributed by atoms with E-state index in [-0.39, 0.29) is 11.9 Å². The minimum atomic E-state index is -0.438. The van der Waals surface area contributed by atoms with Crippen LogP contribution in [0.15, 0.2) is 48.5 Å². The summed E-state index contributed by atoms with van der Waals surface area (Å²) >= 11 is 5.95. The number of ether oxygens (including phenoxy) is 1. The van der Waals surface area contributed by atoms with E-state index in [1.165, 1.54) is 0 Å². The first-order valence-corrected chi connectivity index (χ1v) is 8.63. The van der Waals surface area contributed by atoms with Crippen molar-refractivity contribution >= 4 is 17.5 Å². The van der Waals surface area contributed by atoms with Crippen molar-refractivity contribution in [3.05, 3.63) is 64.7 Å². The molecule has 3 N–H and O–H groups in total. The van der Waals surface area contributed by atoms with Gasteiger partial charge in [0.1, 0.15) is 12.4 Å². The van der Waals surface area contributed by atoms with E-state index in [4.69, 9.17) is 16.3 Å². The molecular formula is C19H21ClN2O3. The van der Waals surface area contributed by atoms with Crippen LogP contribution in [0, 0.1) is 0 Å². The number of hydrogen-bond donors (Lipinski definition) is 3. The molecule has 2 atom stereocenters. The van der Waals surface area contributed by atoms with E-state index in [2.05, 4.69) is 10.6 Å². The second kappa shape index (κ2) is 8.34. The Morgan fingerprint density at radius 2 is 2.04 bits per heavy atom. The molecule has 0 spiro atoms. The molecule has 0 saturated carbocycles. The fraction of sp³-hybridized carbons (Fsp3) is 0.316. The molecule has 132 valence electrons. The van der Waals surface area contributed by atoms with Crippen LogP contribution in [0.5, 0.6) is 5.75 Å². The number of rotatable bonds is 6. The van der Waals surface area contributed by atoms with Gasteiger partial charge in [-0.15, -0.1) is 0 Å². The predicted octanol–water partition coefficient (Wildman–Crippen LogP) is 2.26. The number of carbonyl (C=O) groups excluding carboxylic acids is 1. The van der Waals surface area contributed by atoms with Crippen LogP contribution in [0.3, 0.4) is 0 Å². The molecule has 0 radical (unpaired) electrons. The smallest absolute Gasteiger partial charge is 0.237 e. The zero-order valence-corrected chi connectivity index (χ0v) is 14.5. The lowest BCUT2D eigenvalue weighted by atomic mass is 10.1. The van der Waals surface area contributed by atoms with Crippen LogP contribution >= 0.6 is 11.6 Å². The zero-order valence-electron chi connectivity index (χ0n) is 13.7. The van der Waals surface area contributed by atoms with E-state index in [1.54, 1.807) is 0 Å². The fourth-order valence-corrected chi connectivity index (χ4v) is 2.94. The van der Waals surface area contributed by atoms with Gasteiger partial charge in [-0.1, -0.05) is 35.9 Å². The Morgan fingerprint density at radius 1 is 1.24 bits per heavy atom. The largest absolute Gasteiger partial charge is 0.489 e. The van der Waals surface area contributed by atoms with E-state index in [0.717, 1.165) is 16.9 Å². The predicted molar refractivity (Wildman–Crippen MR) is 96.5 cm³/mol. The van der Waals surface area contributed by atoms with Gasteiger partial charge in [0.2, 0.25) is 5.91 Å². The average Bonchev–Trinajstić information content (AvgIpc) is 3.05. The van der Waals surface area contributed by atoms with Gasteiger partial charge in [0.25, 0.3) is 0 Å². The van der Waals surface area contributed by atoms with Crippen molar-refractivity contribution < 1.29 is 14.6 Å². The fourth-order valence-electron chi connectivity index (χ4n) is 2.73. The number of hydrogen-bond acceptors (Lipinski definition) is 4. The van der Waals surface area contributed by atoms with Crippen LogP contribution < -0.4 is 15.4 Å². The van der Waals surface area contributed by atoms with Crippen LogP contribution in [0.25, 0.3) is 0 Å². The van der Waals surface area contributed by atoms with Gasteiger partial charge in [0, 0.05) is 18.1 Å². The molecule has 3 rings (SSSR count). The Kier molecular flexibility index (Phi) is 5.91. The molecule has 25 heavy (non-hydrogen) atoms. The Hall–Kier alpha value is -2.08. The quantitative estimate of drug-likeness (QED) is 0.739. The number of nitrogens with one attached hydrogen (secondary N) is 2. The molecule has 0 aliphatic carbocycles. The second-order valence-corrected chi connectivity index (χ2v) is 6.57. The van der Waals surface area contributed by atoms with Crippen molar-refractivity contribution in [2.45, 2.75) is 31.7 Å². The van der Waals surface area contributed by atoms with Crippen LogP contribution in [0.4, 0.5) is 0 Å². The molecule has 2 unspecified atom stereocenters. The second-order valence-electron chi connectivity index (χ2n) is 6.13. The van der Waals surface area contributed by atoms with Crippen molar-refractivity contribution in [3.63, 3.8) is 0 Å². The highest BCUT2D eigenvalue weighted by molar-refractivity contribution is 6.30. The topological polar surface area (TPSA) is 70.6 Å². The minimum Gasteiger partial charge on any atom is -0.489 e. The molecule has 6 heteroatoms. The third-order valence-corrected chi connectivity index (χ3v) is 4.34. The summed E-state index contributed by atoms with van der Waals surface area (Å²) < 4.78 is 5.74. The number of benzene rings is 2. The van der Waals surface area contributed by atoms with E-state index in [0.29, 0.717) is 31.1 Å². The molecular weight excluding hydrogens is 340 g/mol. The molecule has 2 aromatic carbocycles. The SMILES string of the molecule is O=C(NCc1ccc(OCc2cccc(Cl)c2)cc1)C1CC(O)CN1. The van der Waals surface area contributed by atoms with Crippen molar-refractivity contribution in [3.8, 4) is 5.75 Å². The van der Waals surface area contributed by atoms with Crippen LogP contribution in [-0.2, 0) is 17.9 Å². The van der Waals surface area contributed by atoms with E-state index in [1.807, 2.05) is 48.5 Å². The molecule has 5 nitrogen and oxygen atoms in total. The summed E-state index contributed by atoms with van der Waals surface area (Å²) in [6, 6.07) is 14.8. The summed E-state index contributed by atoms with van der Waals surface area (Å²) in [5, 5.41) is 16.0. The summed E-state index contributed by atoms with van der Waals surface area (Å²) in [4.78, 5) is 12.0. The highest BCUT2D eigenvalue weighted by atomic mass is 35.5. The molecule has 2 aromatic rings. The Balaban J connectivity index is 1.46. The number of amides is 1. The summed E-state index contributed by atoms with van der Waals surface area (Å²) in [5.74, 6) is 0.675. The van der Waals surface area contributed by atoms with Crippen molar-refractivity contribution in [1.82, 2.24) is 10.6 Å². The van der Waals surface area contributed by atoms with Gasteiger partial charge in [-0.05, 0) is 41.8 Å². The van der Waals surface area contributed by atoms with Crippen LogP contribution in [-0.4, -0.2) is 29.7 Å². The van der Waals surface area contributed by atoms with E-state index < -0.39 is 6.10 Å². The van der Waals surface area contributed by atoms with Gasteiger partial charge >= 0.3 is 0 Å². The summed E-state index contributed by atoms with van der Waals surface area (Å²) in [6.07, 6.45) is 0.0222. The highest BCUT2D eigenvalue weighted by Gasteiger charge is 2.27. The number of aliphatic hydroxyl groups excluding tert-OH is 1. The average molecular weight is 361 g/mol. The van der Waals surface area contributed by atoms with Crippen LogP contribution in [0.1, 0.15) is 17.5 Å². The molecule has 0 bridgehead atoms. The van der Waals surface area contributed by atoms with Crippen molar-refractivity contribution in [1.29, 1.82) is 0 Å². The Labute approximate surface area is 152 Å². The molecule has 1 aliphatic rings. The van der Waals surface area contributed by atoms with Crippen molar-refractivity contribution in [2.24, 2.45) is 0 Å². The van der Waals surface area contributed by atoms with Crippen molar-refractivity contribution in [2.75, 3.05) is 6.54 Å². The number of carbonyl (C=O) groups is 1. The molecule has 1 heterocycles. The van der Waals surface area contributed by atoms with Gasteiger partial charge in [0.05, 0.1) is 12.1 Å². The summed E-state index contributed by atoms with van der Waals surface area (Å²) in [5.41, 5.74) is 2.00. The number of aliphatic hydroxyl groups is 1. The number of β-amino-alcohol motifs (C(OH)–C–C–N with tert-alkyl or cyclic N) is 1. The Morgan fingerprint density at radius 3 is 2.72 bits per heavy atom. The van der Waals surface area contributed by atoms with Gasteiger partial charge < -0.3 is 20.5 Å².